The molecule has 1 aliphatic carbocycles. The maximum atomic E-state index is 13.4. The summed E-state index contributed by atoms with van der Waals surface area (Å²) in [6.07, 6.45) is 1.08. The van der Waals surface area contributed by atoms with Gasteiger partial charge < -0.3 is 9.64 Å². The van der Waals surface area contributed by atoms with Gasteiger partial charge in [0.1, 0.15) is 0 Å². The SMILES string of the molecule is COCCc1cnc2nc(C(=O)N3C[C@H]4CC(c5ccccc5C(F)(F)F)C[C@H]4C3)nn2c1. The fraction of sp³-hybridized carbons (Fsp3) is 0.478. The summed E-state index contributed by atoms with van der Waals surface area (Å²) in [5.74, 6) is 0.388. The Hall–Kier alpha value is -3.01. The minimum Gasteiger partial charge on any atom is -0.384 e. The van der Waals surface area contributed by atoms with Crippen LogP contribution in [-0.2, 0) is 17.3 Å². The molecular formula is C23H24F3N5O2. The second-order valence-corrected chi connectivity index (χ2v) is 8.87. The number of likely N-dealkylation sites (tertiary alicyclic amines) is 1. The topological polar surface area (TPSA) is 72.6 Å². The third-order valence-corrected chi connectivity index (χ3v) is 6.78. The van der Waals surface area contributed by atoms with Gasteiger partial charge in [-0.25, -0.2) is 9.50 Å². The minimum absolute atomic E-state index is 0.0883. The Morgan fingerprint density at radius 3 is 2.61 bits per heavy atom. The lowest BCUT2D eigenvalue weighted by Crippen LogP contribution is -2.30. The summed E-state index contributed by atoms with van der Waals surface area (Å²) in [6, 6.07) is 5.84. The molecule has 0 bridgehead atoms. The number of methoxy groups -OCH3 is 1. The molecule has 5 rings (SSSR count). The minimum atomic E-state index is -4.36. The largest absolute Gasteiger partial charge is 0.416 e. The van der Waals surface area contributed by atoms with Crippen molar-refractivity contribution in [3.8, 4) is 0 Å². The summed E-state index contributed by atoms with van der Waals surface area (Å²) in [6.45, 7) is 1.57. The van der Waals surface area contributed by atoms with Crippen molar-refractivity contribution >= 4 is 11.7 Å². The standard InChI is InChI=1S/C23H24F3N5O2/c1-33-7-6-14-10-27-22-28-20(29-31(22)11-14)21(32)30-12-16-8-15(9-17(16)13-30)18-4-2-3-5-19(18)23(24,25)26/h2-5,10-11,15-17H,6-9,12-13H2,1H3/t15?,16-,17+. The van der Waals surface area contributed by atoms with Gasteiger partial charge in [0.2, 0.25) is 5.82 Å². The van der Waals surface area contributed by atoms with Crippen molar-refractivity contribution < 1.29 is 22.7 Å². The Morgan fingerprint density at radius 1 is 1.18 bits per heavy atom. The molecule has 2 fully saturated rings. The fourth-order valence-electron chi connectivity index (χ4n) is 5.23. The fourth-order valence-corrected chi connectivity index (χ4v) is 5.23. The van der Waals surface area contributed by atoms with Crippen LogP contribution < -0.4 is 0 Å². The van der Waals surface area contributed by atoms with E-state index < -0.39 is 11.7 Å². The molecule has 33 heavy (non-hydrogen) atoms. The van der Waals surface area contributed by atoms with Crippen LogP contribution in [0.1, 0.15) is 46.1 Å². The number of benzene rings is 1. The normalized spacial score (nSPS) is 22.8. The van der Waals surface area contributed by atoms with Gasteiger partial charge in [0.25, 0.3) is 11.7 Å². The highest BCUT2D eigenvalue weighted by atomic mass is 19.4. The van der Waals surface area contributed by atoms with E-state index in [0.29, 0.717) is 50.3 Å². The van der Waals surface area contributed by atoms with E-state index in [1.54, 1.807) is 36.5 Å². The molecule has 1 aliphatic heterocycles. The van der Waals surface area contributed by atoms with Crippen molar-refractivity contribution in [2.24, 2.45) is 11.8 Å². The van der Waals surface area contributed by atoms with Crippen LogP contribution in [0.15, 0.2) is 36.7 Å². The van der Waals surface area contributed by atoms with Crippen LogP contribution in [0.5, 0.6) is 0 Å². The van der Waals surface area contributed by atoms with Crippen molar-refractivity contribution in [3.63, 3.8) is 0 Å². The highest BCUT2D eigenvalue weighted by Gasteiger charge is 2.45. The lowest BCUT2D eigenvalue weighted by molar-refractivity contribution is -0.138. The number of halogens is 3. The zero-order chi connectivity index (χ0) is 23.2. The predicted molar refractivity (Wildman–Crippen MR) is 113 cm³/mol. The van der Waals surface area contributed by atoms with Gasteiger partial charge in [0.15, 0.2) is 0 Å². The quantitative estimate of drug-likeness (QED) is 0.583. The lowest BCUT2D eigenvalue weighted by Gasteiger charge is -2.21. The molecule has 1 aromatic carbocycles. The molecule has 1 unspecified atom stereocenters. The molecule has 10 heteroatoms. The molecule has 1 saturated heterocycles. The van der Waals surface area contributed by atoms with E-state index in [9.17, 15) is 18.0 Å². The van der Waals surface area contributed by atoms with Gasteiger partial charge in [-0.05, 0) is 54.2 Å². The summed E-state index contributed by atoms with van der Waals surface area (Å²) in [4.78, 5) is 23.3. The molecule has 2 aromatic heterocycles. The zero-order valence-corrected chi connectivity index (χ0v) is 18.1. The molecule has 0 spiro atoms. The first-order chi connectivity index (χ1) is 15.8. The molecule has 7 nitrogen and oxygen atoms in total. The molecule has 2 aliphatic rings. The number of ether oxygens (including phenoxy) is 1. The van der Waals surface area contributed by atoms with Gasteiger partial charge in [-0.1, -0.05) is 18.2 Å². The second kappa shape index (κ2) is 8.40. The number of amides is 1. The Balaban J connectivity index is 1.27. The first kappa shape index (κ1) is 21.8. The van der Waals surface area contributed by atoms with Gasteiger partial charge in [-0.2, -0.15) is 18.2 Å². The molecule has 1 amide bonds. The van der Waals surface area contributed by atoms with Gasteiger partial charge in [-0.3, -0.25) is 4.79 Å². The average Bonchev–Trinajstić information content (AvgIpc) is 3.49. The number of nitrogens with zero attached hydrogens (tertiary/aromatic N) is 5. The number of fused-ring (bicyclic) bond motifs is 2. The van der Waals surface area contributed by atoms with E-state index in [2.05, 4.69) is 15.1 Å². The summed E-state index contributed by atoms with van der Waals surface area (Å²) < 4.78 is 46.9. The van der Waals surface area contributed by atoms with Crippen molar-refractivity contribution in [2.45, 2.75) is 31.4 Å². The van der Waals surface area contributed by atoms with Gasteiger partial charge in [0, 0.05) is 32.6 Å². The molecule has 3 aromatic rings. The molecule has 0 N–H and O–H groups in total. The number of carbonyl (C=O) groups is 1. The maximum absolute atomic E-state index is 13.4. The lowest BCUT2D eigenvalue weighted by atomic mass is 9.91. The second-order valence-electron chi connectivity index (χ2n) is 8.87. The van der Waals surface area contributed by atoms with Crippen LogP contribution >= 0.6 is 0 Å². The van der Waals surface area contributed by atoms with E-state index in [-0.39, 0.29) is 29.5 Å². The number of hydrogen-bond donors (Lipinski definition) is 0. The van der Waals surface area contributed by atoms with Crippen LogP contribution in [0.4, 0.5) is 13.2 Å². The third kappa shape index (κ3) is 4.19. The summed E-state index contributed by atoms with van der Waals surface area (Å²) >= 11 is 0. The van der Waals surface area contributed by atoms with Crippen LogP contribution in [0.2, 0.25) is 0 Å². The first-order valence-corrected chi connectivity index (χ1v) is 11.0. The summed E-state index contributed by atoms with van der Waals surface area (Å²) in [5, 5.41) is 4.31. The van der Waals surface area contributed by atoms with Crippen LogP contribution in [-0.4, -0.2) is 57.2 Å². The number of carbonyl (C=O) groups excluding carboxylic acids is 1. The van der Waals surface area contributed by atoms with E-state index in [0.717, 1.165) is 11.6 Å². The maximum Gasteiger partial charge on any atom is 0.416 e. The summed E-state index contributed by atoms with van der Waals surface area (Å²) in [5.41, 5.74) is 0.748. The Morgan fingerprint density at radius 2 is 1.91 bits per heavy atom. The van der Waals surface area contributed by atoms with E-state index in [1.807, 2.05) is 0 Å². The molecular weight excluding hydrogens is 435 g/mol. The zero-order valence-electron chi connectivity index (χ0n) is 18.1. The number of rotatable bonds is 5. The molecule has 3 atom stereocenters. The average molecular weight is 459 g/mol. The van der Waals surface area contributed by atoms with Gasteiger partial charge in [0.05, 0.1) is 12.2 Å². The molecule has 3 heterocycles. The van der Waals surface area contributed by atoms with Crippen molar-refractivity contribution in [1.29, 1.82) is 0 Å². The van der Waals surface area contributed by atoms with Gasteiger partial charge in [-0.15, -0.1) is 5.10 Å². The van der Waals surface area contributed by atoms with Crippen molar-refractivity contribution in [3.05, 3.63) is 59.2 Å². The Bertz CT molecular complexity index is 1160. The molecule has 1 saturated carbocycles. The van der Waals surface area contributed by atoms with E-state index in [4.69, 9.17) is 4.74 Å². The number of alkyl halides is 3. The smallest absolute Gasteiger partial charge is 0.384 e. The summed E-state index contributed by atoms with van der Waals surface area (Å²) in [7, 11) is 1.63. The Kier molecular flexibility index (Phi) is 5.55. The van der Waals surface area contributed by atoms with Crippen LogP contribution in [0.3, 0.4) is 0 Å². The van der Waals surface area contributed by atoms with Crippen LogP contribution in [0.25, 0.3) is 5.78 Å². The number of aromatic nitrogens is 4. The highest BCUT2D eigenvalue weighted by molar-refractivity contribution is 5.91. The number of hydrogen-bond acceptors (Lipinski definition) is 5. The predicted octanol–water partition coefficient (Wildman–Crippen LogP) is 3.60. The molecule has 174 valence electrons. The van der Waals surface area contributed by atoms with Crippen molar-refractivity contribution in [1.82, 2.24) is 24.5 Å². The monoisotopic (exact) mass is 459 g/mol. The van der Waals surface area contributed by atoms with E-state index in [1.165, 1.54) is 10.6 Å². The van der Waals surface area contributed by atoms with E-state index >= 15 is 0 Å². The third-order valence-electron chi connectivity index (χ3n) is 6.78. The van der Waals surface area contributed by atoms with Crippen LogP contribution in [0, 0.1) is 11.8 Å². The Labute approximate surface area is 188 Å². The first-order valence-electron chi connectivity index (χ1n) is 11.0. The molecule has 0 radical (unpaired) electrons. The van der Waals surface area contributed by atoms with Gasteiger partial charge >= 0.3 is 6.18 Å². The van der Waals surface area contributed by atoms with Crippen molar-refractivity contribution in [2.75, 3.05) is 26.8 Å². The highest BCUT2D eigenvalue weighted by Crippen LogP contribution is 2.48.